The zero-order valence-corrected chi connectivity index (χ0v) is 12.4. The van der Waals surface area contributed by atoms with Gasteiger partial charge in [-0.05, 0) is 43.9 Å². The van der Waals surface area contributed by atoms with E-state index in [-0.39, 0.29) is 24.9 Å². The highest BCUT2D eigenvalue weighted by molar-refractivity contribution is 5.81. The summed E-state index contributed by atoms with van der Waals surface area (Å²) in [5, 5.41) is 0. The Morgan fingerprint density at radius 1 is 1.38 bits per heavy atom. The van der Waals surface area contributed by atoms with E-state index in [4.69, 9.17) is 10.5 Å². The van der Waals surface area contributed by atoms with Gasteiger partial charge in [0.1, 0.15) is 0 Å². The van der Waals surface area contributed by atoms with E-state index in [2.05, 4.69) is 0 Å². The molecule has 0 aromatic heterocycles. The van der Waals surface area contributed by atoms with Crippen molar-refractivity contribution >= 4 is 17.6 Å². The van der Waals surface area contributed by atoms with Gasteiger partial charge in [0.15, 0.2) is 6.61 Å². The molecule has 1 aromatic rings. The summed E-state index contributed by atoms with van der Waals surface area (Å²) in [6.45, 7) is 2.46. The summed E-state index contributed by atoms with van der Waals surface area (Å²) < 4.78 is 5.06. The lowest BCUT2D eigenvalue weighted by Crippen LogP contribution is -2.36. The SMILES string of the molecule is CCN(C(=O)COC(=O)CCc1cccc(N)c1)C1CC1. The molecule has 0 spiro atoms. The molecule has 1 saturated carbocycles. The zero-order chi connectivity index (χ0) is 15.2. The minimum atomic E-state index is -0.349. The van der Waals surface area contributed by atoms with E-state index in [1.807, 2.05) is 25.1 Å². The van der Waals surface area contributed by atoms with Crippen LogP contribution in [0.5, 0.6) is 0 Å². The van der Waals surface area contributed by atoms with Crippen molar-refractivity contribution in [2.24, 2.45) is 0 Å². The Balaban J connectivity index is 1.70. The second-order valence-corrected chi connectivity index (χ2v) is 5.32. The zero-order valence-electron chi connectivity index (χ0n) is 12.4. The van der Waals surface area contributed by atoms with Gasteiger partial charge in [0.25, 0.3) is 5.91 Å². The maximum absolute atomic E-state index is 11.9. The first-order valence-electron chi connectivity index (χ1n) is 7.39. The molecule has 1 aliphatic carbocycles. The molecular formula is C16H22N2O3. The molecule has 5 heteroatoms. The monoisotopic (exact) mass is 290 g/mol. The van der Waals surface area contributed by atoms with E-state index in [9.17, 15) is 9.59 Å². The Bertz CT molecular complexity index is 512. The maximum atomic E-state index is 11.9. The number of anilines is 1. The number of amides is 1. The minimum absolute atomic E-state index is 0.0997. The van der Waals surface area contributed by atoms with Crippen LogP contribution in [-0.4, -0.2) is 36.0 Å². The Labute approximate surface area is 125 Å². The molecule has 0 saturated heterocycles. The molecule has 2 rings (SSSR count). The van der Waals surface area contributed by atoms with Crippen LogP contribution in [0, 0.1) is 0 Å². The molecule has 0 heterocycles. The van der Waals surface area contributed by atoms with Crippen molar-refractivity contribution in [3.63, 3.8) is 0 Å². The van der Waals surface area contributed by atoms with Crippen LogP contribution in [0.1, 0.15) is 31.7 Å². The van der Waals surface area contributed by atoms with Gasteiger partial charge >= 0.3 is 5.97 Å². The summed E-state index contributed by atoms with van der Waals surface area (Å²) >= 11 is 0. The van der Waals surface area contributed by atoms with Crippen molar-refractivity contribution in [2.75, 3.05) is 18.9 Å². The van der Waals surface area contributed by atoms with Crippen LogP contribution in [0.3, 0.4) is 0 Å². The number of hydrogen-bond acceptors (Lipinski definition) is 4. The van der Waals surface area contributed by atoms with Crippen molar-refractivity contribution in [1.82, 2.24) is 4.90 Å². The Morgan fingerprint density at radius 3 is 2.76 bits per heavy atom. The summed E-state index contributed by atoms with van der Waals surface area (Å²) in [6, 6.07) is 7.77. The number of nitrogens with zero attached hydrogens (tertiary/aromatic N) is 1. The average molecular weight is 290 g/mol. The van der Waals surface area contributed by atoms with Crippen LogP contribution in [0.25, 0.3) is 0 Å². The van der Waals surface area contributed by atoms with Gasteiger partial charge in [-0.25, -0.2) is 0 Å². The molecule has 1 aliphatic rings. The van der Waals surface area contributed by atoms with E-state index in [0.717, 1.165) is 18.4 Å². The minimum Gasteiger partial charge on any atom is -0.456 e. The van der Waals surface area contributed by atoms with Crippen LogP contribution in [0.15, 0.2) is 24.3 Å². The third kappa shape index (κ3) is 4.77. The lowest BCUT2D eigenvalue weighted by molar-refractivity contribution is -0.152. The molecule has 0 radical (unpaired) electrons. The fourth-order valence-electron chi connectivity index (χ4n) is 2.32. The van der Waals surface area contributed by atoms with Gasteiger partial charge in [-0.1, -0.05) is 12.1 Å². The van der Waals surface area contributed by atoms with Crippen LogP contribution in [-0.2, 0) is 20.7 Å². The fourth-order valence-corrected chi connectivity index (χ4v) is 2.32. The normalized spacial score (nSPS) is 13.8. The summed E-state index contributed by atoms with van der Waals surface area (Å²) in [5.41, 5.74) is 7.35. The molecular weight excluding hydrogens is 268 g/mol. The molecule has 21 heavy (non-hydrogen) atoms. The number of nitrogen functional groups attached to an aromatic ring is 1. The van der Waals surface area contributed by atoms with Crippen LogP contribution in [0.4, 0.5) is 5.69 Å². The van der Waals surface area contributed by atoms with E-state index < -0.39 is 0 Å². The standard InChI is InChI=1S/C16H22N2O3/c1-2-18(14-7-8-14)15(19)11-21-16(20)9-6-12-4-3-5-13(17)10-12/h3-5,10,14H,2,6-9,11,17H2,1H3. The average Bonchev–Trinajstić information content (AvgIpc) is 3.28. The molecule has 114 valence electrons. The highest BCUT2D eigenvalue weighted by Gasteiger charge is 2.31. The number of carbonyl (C=O) groups is 2. The van der Waals surface area contributed by atoms with Crippen molar-refractivity contribution in [3.8, 4) is 0 Å². The molecule has 0 atom stereocenters. The summed E-state index contributed by atoms with van der Waals surface area (Å²) in [5.74, 6) is -0.449. The predicted molar refractivity (Wildman–Crippen MR) is 80.5 cm³/mol. The second kappa shape index (κ2) is 7.11. The van der Waals surface area contributed by atoms with Gasteiger partial charge in [0, 0.05) is 24.7 Å². The third-order valence-electron chi connectivity index (χ3n) is 3.57. The van der Waals surface area contributed by atoms with Crippen LogP contribution in [0.2, 0.25) is 0 Å². The first-order chi connectivity index (χ1) is 10.1. The number of aryl methyl sites for hydroxylation is 1. The number of hydrogen-bond donors (Lipinski definition) is 1. The number of likely N-dealkylation sites (N-methyl/N-ethyl adjacent to an activating group) is 1. The van der Waals surface area contributed by atoms with Crippen molar-refractivity contribution < 1.29 is 14.3 Å². The number of ether oxygens (including phenoxy) is 1. The molecule has 1 fully saturated rings. The summed E-state index contributed by atoms with van der Waals surface area (Å²) in [4.78, 5) is 25.4. The van der Waals surface area contributed by atoms with E-state index in [1.165, 1.54) is 0 Å². The number of nitrogens with two attached hydrogens (primary N) is 1. The molecule has 1 aromatic carbocycles. The Morgan fingerprint density at radius 2 is 2.14 bits per heavy atom. The van der Waals surface area contributed by atoms with Gasteiger partial charge in [-0.3, -0.25) is 9.59 Å². The molecule has 0 aliphatic heterocycles. The summed E-state index contributed by atoms with van der Waals surface area (Å²) in [7, 11) is 0. The first kappa shape index (κ1) is 15.4. The smallest absolute Gasteiger partial charge is 0.306 e. The van der Waals surface area contributed by atoms with E-state index >= 15 is 0 Å². The van der Waals surface area contributed by atoms with Crippen LogP contribution >= 0.6 is 0 Å². The van der Waals surface area contributed by atoms with Crippen molar-refractivity contribution in [3.05, 3.63) is 29.8 Å². The fraction of sp³-hybridized carbons (Fsp3) is 0.500. The molecule has 2 N–H and O–H groups in total. The second-order valence-electron chi connectivity index (χ2n) is 5.32. The number of benzene rings is 1. The quantitative estimate of drug-likeness (QED) is 0.613. The van der Waals surface area contributed by atoms with Gasteiger partial charge in [-0.2, -0.15) is 0 Å². The van der Waals surface area contributed by atoms with Crippen molar-refractivity contribution in [1.29, 1.82) is 0 Å². The number of esters is 1. The highest BCUT2D eigenvalue weighted by atomic mass is 16.5. The topological polar surface area (TPSA) is 72.6 Å². The Kier molecular flexibility index (Phi) is 5.20. The molecule has 1 amide bonds. The summed E-state index contributed by atoms with van der Waals surface area (Å²) in [6.07, 6.45) is 2.94. The third-order valence-corrected chi connectivity index (χ3v) is 3.57. The first-order valence-corrected chi connectivity index (χ1v) is 7.39. The molecule has 5 nitrogen and oxygen atoms in total. The van der Waals surface area contributed by atoms with E-state index in [1.54, 1.807) is 11.0 Å². The number of carbonyl (C=O) groups excluding carboxylic acids is 2. The number of rotatable bonds is 7. The lowest BCUT2D eigenvalue weighted by Gasteiger charge is -2.19. The largest absolute Gasteiger partial charge is 0.456 e. The van der Waals surface area contributed by atoms with Gasteiger partial charge in [0.2, 0.25) is 0 Å². The van der Waals surface area contributed by atoms with Gasteiger partial charge in [0.05, 0.1) is 0 Å². The predicted octanol–water partition coefficient (Wildman–Crippen LogP) is 1.76. The lowest BCUT2D eigenvalue weighted by atomic mass is 10.1. The van der Waals surface area contributed by atoms with Gasteiger partial charge < -0.3 is 15.4 Å². The maximum Gasteiger partial charge on any atom is 0.306 e. The van der Waals surface area contributed by atoms with Crippen molar-refractivity contribution in [2.45, 2.75) is 38.6 Å². The Hall–Kier alpha value is -2.04. The molecule has 0 bridgehead atoms. The highest BCUT2D eigenvalue weighted by Crippen LogP contribution is 2.26. The van der Waals surface area contributed by atoms with E-state index in [0.29, 0.717) is 24.7 Å². The molecule has 0 unspecified atom stereocenters. The van der Waals surface area contributed by atoms with Crippen LogP contribution < -0.4 is 5.73 Å². The van der Waals surface area contributed by atoms with Gasteiger partial charge in [-0.15, -0.1) is 0 Å².